The number of aryl methyl sites for hydroxylation is 1. The van der Waals surface area contributed by atoms with Crippen molar-refractivity contribution in [3.63, 3.8) is 0 Å². The molecule has 1 heteroatoms. The van der Waals surface area contributed by atoms with Gasteiger partial charge in [-0.2, -0.15) is 0 Å². The van der Waals surface area contributed by atoms with Gasteiger partial charge in [-0.15, -0.1) is 6.58 Å². The molecule has 0 atom stereocenters. The molecule has 0 N–H and O–H groups in total. The van der Waals surface area contributed by atoms with Crippen LogP contribution < -0.4 is 0 Å². The van der Waals surface area contributed by atoms with Gasteiger partial charge in [-0.05, 0) is 126 Å². The van der Waals surface area contributed by atoms with E-state index in [1.54, 1.807) is 16.7 Å². The second-order valence-corrected chi connectivity index (χ2v) is 12.3. The van der Waals surface area contributed by atoms with Crippen molar-refractivity contribution in [2.45, 2.75) is 115 Å². The first-order valence-corrected chi connectivity index (χ1v) is 13.8. The van der Waals surface area contributed by atoms with E-state index in [0.29, 0.717) is 5.92 Å². The molecule has 1 heterocycles. The lowest BCUT2D eigenvalue weighted by Gasteiger charge is -2.55. The van der Waals surface area contributed by atoms with Gasteiger partial charge < -0.3 is 0 Å². The van der Waals surface area contributed by atoms with Crippen LogP contribution in [-0.4, -0.2) is 22.5 Å². The molecule has 0 amide bonds. The summed E-state index contributed by atoms with van der Waals surface area (Å²) in [5.74, 6) is 2.12. The van der Waals surface area contributed by atoms with Crippen molar-refractivity contribution >= 4 is 0 Å². The lowest BCUT2D eigenvalue weighted by atomic mass is 9.71. The van der Waals surface area contributed by atoms with Crippen molar-refractivity contribution in [2.24, 2.45) is 0 Å². The largest absolute Gasteiger partial charge is 0.293 e. The minimum absolute atomic E-state index is 0.252. The molecule has 1 aliphatic carbocycles. The van der Waals surface area contributed by atoms with Crippen molar-refractivity contribution in [2.75, 3.05) is 6.54 Å². The van der Waals surface area contributed by atoms with E-state index in [1.807, 2.05) is 6.08 Å². The molecular formula is C33H47N. The molecule has 4 rings (SSSR count). The third kappa shape index (κ3) is 5.51. The fourth-order valence-corrected chi connectivity index (χ4v) is 7.44. The van der Waals surface area contributed by atoms with Crippen LogP contribution in [0.2, 0.25) is 0 Å². The summed E-state index contributed by atoms with van der Waals surface area (Å²) >= 11 is 0. The average molecular weight is 458 g/mol. The number of hydrogen-bond acceptors (Lipinski definition) is 1. The zero-order valence-corrected chi connectivity index (χ0v) is 22.4. The Morgan fingerprint density at radius 2 is 1.15 bits per heavy atom. The van der Waals surface area contributed by atoms with Gasteiger partial charge in [0.15, 0.2) is 0 Å². The summed E-state index contributed by atoms with van der Waals surface area (Å²) in [6.07, 6.45) is 12.0. The molecule has 1 saturated heterocycles. The lowest BCUT2D eigenvalue weighted by molar-refractivity contribution is -0.0316. The third-order valence-electron chi connectivity index (χ3n) is 8.96. The zero-order valence-electron chi connectivity index (χ0n) is 22.4. The highest BCUT2D eigenvalue weighted by molar-refractivity contribution is 5.31. The number of rotatable bonds is 7. The average Bonchev–Trinajstić information content (AvgIpc) is 2.82. The second-order valence-electron chi connectivity index (χ2n) is 12.3. The van der Waals surface area contributed by atoms with Gasteiger partial charge in [-0.3, -0.25) is 4.90 Å². The molecule has 0 radical (unpaired) electrons. The molecule has 0 aromatic heterocycles. The molecule has 0 unspecified atom stereocenters. The summed E-state index contributed by atoms with van der Waals surface area (Å²) in [6, 6.07) is 19.3. The van der Waals surface area contributed by atoms with Gasteiger partial charge in [0.25, 0.3) is 0 Å². The molecule has 2 fully saturated rings. The van der Waals surface area contributed by atoms with Crippen molar-refractivity contribution in [1.29, 1.82) is 0 Å². The van der Waals surface area contributed by atoms with Crippen LogP contribution >= 0.6 is 0 Å². The molecule has 2 aromatic carbocycles. The van der Waals surface area contributed by atoms with Crippen LogP contribution in [0.25, 0.3) is 0 Å². The summed E-state index contributed by atoms with van der Waals surface area (Å²) in [5, 5.41) is 0. The van der Waals surface area contributed by atoms with Gasteiger partial charge >= 0.3 is 0 Å². The summed E-state index contributed by atoms with van der Waals surface area (Å²) in [7, 11) is 0. The fourth-order valence-electron chi connectivity index (χ4n) is 7.44. The Morgan fingerprint density at radius 1 is 0.735 bits per heavy atom. The summed E-state index contributed by atoms with van der Waals surface area (Å²) < 4.78 is 0. The van der Waals surface area contributed by atoms with E-state index in [-0.39, 0.29) is 11.1 Å². The molecule has 2 aromatic rings. The van der Waals surface area contributed by atoms with Crippen LogP contribution in [0.1, 0.15) is 120 Å². The van der Waals surface area contributed by atoms with Crippen LogP contribution in [0, 0.1) is 0 Å². The second kappa shape index (κ2) is 10.4. The van der Waals surface area contributed by atoms with E-state index in [2.05, 4.69) is 94.6 Å². The topological polar surface area (TPSA) is 3.24 Å². The summed E-state index contributed by atoms with van der Waals surface area (Å²) in [5.41, 5.74) is 6.59. The minimum Gasteiger partial charge on any atom is -0.293 e. The van der Waals surface area contributed by atoms with Crippen molar-refractivity contribution in [3.8, 4) is 0 Å². The Morgan fingerprint density at radius 3 is 1.56 bits per heavy atom. The lowest BCUT2D eigenvalue weighted by Crippen LogP contribution is -2.59. The monoisotopic (exact) mass is 457 g/mol. The quantitative estimate of drug-likeness (QED) is 0.375. The number of nitrogens with zero attached hydrogens (tertiary/aromatic N) is 1. The number of hydrogen-bond donors (Lipinski definition) is 0. The molecule has 0 spiro atoms. The number of benzene rings is 2. The number of piperidine rings is 1. The van der Waals surface area contributed by atoms with Gasteiger partial charge in [0.1, 0.15) is 0 Å². The van der Waals surface area contributed by atoms with Crippen molar-refractivity contribution < 1.29 is 0 Å². The number of likely N-dealkylation sites (tertiary alicyclic amines) is 1. The van der Waals surface area contributed by atoms with Gasteiger partial charge in [0, 0.05) is 11.1 Å². The first-order chi connectivity index (χ1) is 16.2. The molecule has 1 nitrogen and oxygen atoms in total. The minimum atomic E-state index is 0.252. The first kappa shape index (κ1) is 25.2. The predicted octanol–water partition coefficient (Wildman–Crippen LogP) is 9.00. The highest BCUT2D eigenvalue weighted by atomic mass is 15.3. The maximum atomic E-state index is 3.84. The fraction of sp³-hybridized carbons (Fsp3) is 0.576. The van der Waals surface area contributed by atoms with Crippen LogP contribution in [0.4, 0.5) is 0 Å². The molecular weight excluding hydrogens is 410 g/mol. The molecule has 1 aliphatic heterocycles. The predicted molar refractivity (Wildman–Crippen MR) is 148 cm³/mol. The summed E-state index contributed by atoms with van der Waals surface area (Å²) in [4.78, 5) is 2.71. The van der Waals surface area contributed by atoms with E-state index in [1.165, 1.54) is 44.1 Å². The molecule has 0 bridgehead atoms. The molecule has 1 saturated carbocycles. The highest BCUT2D eigenvalue weighted by Gasteiger charge is 2.44. The van der Waals surface area contributed by atoms with Gasteiger partial charge in [0.05, 0.1) is 0 Å². The maximum absolute atomic E-state index is 3.84. The SMILES string of the molecule is C=CCCc1ccc(C2CCC(c3ccc(C4CC(C)(C)N(CC)C(C)(C)C4)cc3)CC2)cc1. The van der Waals surface area contributed by atoms with E-state index < -0.39 is 0 Å². The first-order valence-electron chi connectivity index (χ1n) is 13.8. The Kier molecular flexibility index (Phi) is 7.72. The van der Waals surface area contributed by atoms with E-state index in [9.17, 15) is 0 Å². The van der Waals surface area contributed by atoms with Gasteiger partial charge in [-0.25, -0.2) is 0 Å². The Labute approximate surface area is 209 Å². The Hall–Kier alpha value is -1.86. The van der Waals surface area contributed by atoms with Crippen molar-refractivity contribution in [1.82, 2.24) is 4.90 Å². The standard InChI is InChI=1S/C33H47N/c1-7-9-10-25-11-13-26(14-12-25)27-15-17-28(18-16-27)29-19-21-30(22-20-29)31-23-32(3,4)34(8-2)33(5,6)24-31/h7,11-14,19-22,27-28,31H,1,8-10,15-18,23-24H2,2-6H3. The molecule has 34 heavy (non-hydrogen) atoms. The van der Waals surface area contributed by atoms with Crippen molar-refractivity contribution in [3.05, 3.63) is 83.4 Å². The smallest absolute Gasteiger partial charge is 0.0164 e. The van der Waals surface area contributed by atoms with E-state index >= 15 is 0 Å². The molecule has 184 valence electrons. The van der Waals surface area contributed by atoms with Crippen LogP contribution in [0.15, 0.2) is 61.2 Å². The van der Waals surface area contributed by atoms with Crippen LogP contribution in [0.5, 0.6) is 0 Å². The van der Waals surface area contributed by atoms with Gasteiger partial charge in [0.2, 0.25) is 0 Å². The Balaban J connectivity index is 1.36. The zero-order chi connectivity index (χ0) is 24.3. The normalized spacial score (nSPS) is 25.2. The maximum Gasteiger partial charge on any atom is 0.0164 e. The van der Waals surface area contributed by atoms with Crippen LogP contribution in [0.3, 0.4) is 0 Å². The third-order valence-corrected chi connectivity index (χ3v) is 8.96. The Bertz CT molecular complexity index is 908. The van der Waals surface area contributed by atoms with E-state index in [0.717, 1.165) is 31.2 Å². The highest BCUT2D eigenvalue weighted by Crippen LogP contribution is 2.46. The van der Waals surface area contributed by atoms with Crippen LogP contribution in [-0.2, 0) is 6.42 Å². The molecule has 2 aliphatic rings. The van der Waals surface area contributed by atoms with E-state index in [4.69, 9.17) is 0 Å². The summed E-state index contributed by atoms with van der Waals surface area (Å²) in [6.45, 7) is 17.0. The van der Waals surface area contributed by atoms with Gasteiger partial charge in [-0.1, -0.05) is 61.5 Å². The number of allylic oxidation sites excluding steroid dienone is 1.